The second-order valence-electron chi connectivity index (χ2n) is 4.55. The second kappa shape index (κ2) is 7.93. The number of halogens is 3. The molecule has 0 spiro atoms. The van der Waals surface area contributed by atoms with Gasteiger partial charge in [0, 0.05) is 31.2 Å². The molecule has 4 nitrogen and oxygen atoms in total. The predicted octanol–water partition coefficient (Wildman–Crippen LogP) is -0.850. The average Bonchev–Trinajstić information content (AvgIpc) is 2.38. The summed E-state index contributed by atoms with van der Waals surface area (Å²) in [6.07, 6.45) is 0. The van der Waals surface area contributed by atoms with Crippen LogP contribution in [0, 0.1) is 0 Å². The van der Waals surface area contributed by atoms with Gasteiger partial charge >= 0.3 is 0 Å². The first-order valence-corrected chi connectivity index (χ1v) is 6.86. The molecule has 1 saturated heterocycles. The van der Waals surface area contributed by atoms with Crippen molar-refractivity contribution in [3.8, 4) is 5.75 Å². The zero-order chi connectivity index (χ0) is 13.8. The number of nitrogens with zero attached hydrogens (tertiary/aromatic N) is 2. The molecule has 112 valence electrons. The van der Waals surface area contributed by atoms with E-state index in [0.717, 1.165) is 26.2 Å². The van der Waals surface area contributed by atoms with E-state index in [1.165, 1.54) is 0 Å². The molecule has 0 radical (unpaired) electrons. The number of benzene rings is 1. The fourth-order valence-corrected chi connectivity index (χ4v) is 2.34. The van der Waals surface area contributed by atoms with E-state index in [4.69, 9.17) is 27.9 Å². The molecular formula is C13H16Cl3N2O2-. The van der Waals surface area contributed by atoms with E-state index in [1.54, 1.807) is 18.2 Å². The van der Waals surface area contributed by atoms with Crippen molar-refractivity contribution < 1.29 is 21.9 Å². The molecule has 1 amide bonds. The maximum Gasteiger partial charge on any atom is 0.260 e. The monoisotopic (exact) mass is 337 g/mol. The van der Waals surface area contributed by atoms with Crippen LogP contribution < -0.4 is 17.1 Å². The van der Waals surface area contributed by atoms with Crippen LogP contribution in [0.2, 0.25) is 10.0 Å². The molecule has 0 saturated carbocycles. The minimum atomic E-state index is -0.0147. The molecule has 20 heavy (non-hydrogen) atoms. The molecule has 1 heterocycles. The van der Waals surface area contributed by atoms with Crippen molar-refractivity contribution in [2.24, 2.45) is 0 Å². The van der Waals surface area contributed by atoms with Gasteiger partial charge in [0.1, 0.15) is 5.75 Å². The first kappa shape index (κ1) is 17.4. The summed E-state index contributed by atoms with van der Waals surface area (Å²) in [5, 5.41) is 0.960. The van der Waals surface area contributed by atoms with Crippen LogP contribution in [0.5, 0.6) is 5.75 Å². The third kappa shape index (κ3) is 4.70. The first-order chi connectivity index (χ1) is 9.06. The predicted molar refractivity (Wildman–Crippen MR) is 76.0 cm³/mol. The zero-order valence-corrected chi connectivity index (χ0v) is 13.4. The average molecular weight is 339 g/mol. The summed E-state index contributed by atoms with van der Waals surface area (Å²) in [5.74, 6) is 0.465. The number of piperazine rings is 1. The van der Waals surface area contributed by atoms with Gasteiger partial charge < -0.3 is 26.9 Å². The zero-order valence-electron chi connectivity index (χ0n) is 11.1. The Labute approximate surface area is 135 Å². The highest BCUT2D eigenvalue weighted by Crippen LogP contribution is 2.27. The number of ether oxygens (including phenoxy) is 1. The van der Waals surface area contributed by atoms with Crippen LogP contribution in [0.4, 0.5) is 0 Å². The van der Waals surface area contributed by atoms with Crippen molar-refractivity contribution in [1.29, 1.82) is 0 Å². The van der Waals surface area contributed by atoms with Crippen molar-refractivity contribution in [2.75, 3.05) is 39.8 Å². The Bertz CT molecular complexity index is 463. The summed E-state index contributed by atoms with van der Waals surface area (Å²) in [6, 6.07) is 4.95. The Morgan fingerprint density at radius 1 is 1.25 bits per heavy atom. The van der Waals surface area contributed by atoms with Crippen molar-refractivity contribution in [2.45, 2.75) is 0 Å². The van der Waals surface area contributed by atoms with Crippen molar-refractivity contribution in [3.63, 3.8) is 0 Å². The lowest BCUT2D eigenvalue weighted by molar-refractivity contribution is -0.134. The van der Waals surface area contributed by atoms with Crippen LogP contribution in [-0.4, -0.2) is 55.5 Å². The van der Waals surface area contributed by atoms with Crippen LogP contribution in [0.1, 0.15) is 0 Å². The number of amides is 1. The lowest BCUT2D eigenvalue weighted by Crippen LogP contribution is -3.00. The summed E-state index contributed by atoms with van der Waals surface area (Å²) in [6.45, 7) is 3.28. The Balaban J connectivity index is 0.00000200. The first-order valence-electron chi connectivity index (χ1n) is 6.10. The van der Waals surface area contributed by atoms with Crippen molar-refractivity contribution in [3.05, 3.63) is 28.2 Å². The van der Waals surface area contributed by atoms with Crippen LogP contribution in [0.3, 0.4) is 0 Å². The topological polar surface area (TPSA) is 32.8 Å². The molecule has 1 aliphatic rings. The summed E-state index contributed by atoms with van der Waals surface area (Å²) >= 11 is 11.8. The molecule has 1 aliphatic heterocycles. The van der Waals surface area contributed by atoms with E-state index in [2.05, 4.69) is 4.90 Å². The SMILES string of the molecule is CN1CCN(C(=O)COc2ccc(Cl)cc2Cl)CC1.[Cl-]. The second-order valence-corrected chi connectivity index (χ2v) is 5.39. The third-order valence-electron chi connectivity index (χ3n) is 3.10. The number of likely N-dealkylation sites (N-methyl/N-ethyl adjacent to an activating group) is 1. The fraction of sp³-hybridized carbons (Fsp3) is 0.462. The van der Waals surface area contributed by atoms with E-state index >= 15 is 0 Å². The van der Waals surface area contributed by atoms with Crippen LogP contribution in [0.25, 0.3) is 0 Å². The molecule has 0 aliphatic carbocycles. The molecular weight excluding hydrogens is 323 g/mol. The molecule has 0 N–H and O–H groups in total. The lowest BCUT2D eigenvalue weighted by Gasteiger charge is -2.32. The van der Waals surface area contributed by atoms with Gasteiger partial charge in [0.25, 0.3) is 5.91 Å². The smallest absolute Gasteiger partial charge is 0.260 e. The van der Waals surface area contributed by atoms with Crippen LogP contribution in [-0.2, 0) is 4.79 Å². The van der Waals surface area contributed by atoms with E-state index in [9.17, 15) is 4.79 Å². The number of rotatable bonds is 3. The fourth-order valence-electron chi connectivity index (χ4n) is 1.88. The molecule has 1 aromatic rings. The molecule has 7 heteroatoms. The number of carbonyl (C=O) groups is 1. The Hall–Kier alpha value is -0.680. The Morgan fingerprint density at radius 3 is 2.50 bits per heavy atom. The van der Waals surface area contributed by atoms with Gasteiger partial charge in [-0.15, -0.1) is 0 Å². The molecule has 2 rings (SSSR count). The largest absolute Gasteiger partial charge is 1.00 e. The Kier molecular flexibility index (Phi) is 6.89. The minimum Gasteiger partial charge on any atom is -1.00 e. The standard InChI is InChI=1S/C13H16Cl2N2O2.ClH/c1-16-4-6-17(7-5-16)13(18)9-19-12-3-2-10(14)8-11(12)15;/h2-3,8H,4-7,9H2,1H3;1H/p-1. The van der Waals surface area contributed by atoms with Crippen molar-refractivity contribution >= 4 is 29.1 Å². The van der Waals surface area contributed by atoms with E-state index in [-0.39, 0.29) is 24.9 Å². The summed E-state index contributed by atoms with van der Waals surface area (Å²) in [5.41, 5.74) is 0. The van der Waals surface area contributed by atoms with Gasteiger partial charge in [0.2, 0.25) is 0 Å². The summed E-state index contributed by atoms with van der Waals surface area (Å²) < 4.78 is 5.44. The number of carbonyl (C=O) groups excluding carboxylic acids is 1. The number of hydrogen-bond acceptors (Lipinski definition) is 3. The van der Waals surface area contributed by atoms with Crippen LogP contribution >= 0.6 is 23.2 Å². The highest BCUT2D eigenvalue weighted by molar-refractivity contribution is 6.35. The maximum absolute atomic E-state index is 12.0. The molecule has 1 aromatic carbocycles. The number of hydrogen-bond donors (Lipinski definition) is 0. The van der Waals surface area contributed by atoms with E-state index in [1.807, 2.05) is 11.9 Å². The van der Waals surface area contributed by atoms with Gasteiger partial charge in [-0.25, -0.2) is 0 Å². The highest BCUT2D eigenvalue weighted by atomic mass is 35.5. The van der Waals surface area contributed by atoms with E-state index in [0.29, 0.717) is 15.8 Å². The van der Waals surface area contributed by atoms with Crippen molar-refractivity contribution in [1.82, 2.24) is 9.80 Å². The van der Waals surface area contributed by atoms with Gasteiger partial charge in [0.05, 0.1) is 5.02 Å². The quantitative estimate of drug-likeness (QED) is 0.720. The summed E-state index contributed by atoms with van der Waals surface area (Å²) in [4.78, 5) is 16.0. The lowest BCUT2D eigenvalue weighted by atomic mass is 10.3. The van der Waals surface area contributed by atoms with Gasteiger partial charge in [-0.05, 0) is 25.2 Å². The molecule has 0 aromatic heterocycles. The molecule has 1 fully saturated rings. The molecule has 0 bridgehead atoms. The van der Waals surface area contributed by atoms with Gasteiger partial charge in [-0.2, -0.15) is 0 Å². The normalized spacial score (nSPS) is 15.7. The maximum atomic E-state index is 12.0. The van der Waals surface area contributed by atoms with Crippen LogP contribution in [0.15, 0.2) is 18.2 Å². The molecule has 0 unspecified atom stereocenters. The third-order valence-corrected chi connectivity index (χ3v) is 3.63. The van der Waals surface area contributed by atoms with E-state index < -0.39 is 0 Å². The summed E-state index contributed by atoms with van der Waals surface area (Å²) in [7, 11) is 2.05. The van der Waals surface area contributed by atoms with Gasteiger partial charge in [-0.1, -0.05) is 23.2 Å². The molecule has 0 atom stereocenters. The van der Waals surface area contributed by atoms with Gasteiger partial charge in [0.15, 0.2) is 6.61 Å². The highest BCUT2D eigenvalue weighted by Gasteiger charge is 2.19. The Morgan fingerprint density at radius 2 is 1.90 bits per heavy atom. The minimum absolute atomic E-state index is 0. The van der Waals surface area contributed by atoms with Gasteiger partial charge in [-0.3, -0.25) is 4.79 Å².